The van der Waals surface area contributed by atoms with Crippen molar-refractivity contribution in [2.75, 3.05) is 6.54 Å². The van der Waals surface area contributed by atoms with Crippen LogP contribution in [0.3, 0.4) is 0 Å². The standard InChI is InChI=1S/C26H23N3O6S/c30-20-10-6-18(7-11-20)15-23-26(31)29-16-24(19-8-12-21(13-9-19)35-36(32,33)34)27-22(25(29)28-23)14-17-4-2-1-3-5-17/h1-13,23,28,30H,14-16H2,(H,32,33,34)/p+1. The number of hydrogen-bond acceptors (Lipinski definition) is 6. The summed E-state index contributed by atoms with van der Waals surface area (Å²) in [4.78, 5) is 18.6. The van der Waals surface area contributed by atoms with Crippen LogP contribution in [-0.2, 0) is 28.0 Å². The van der Waals surface area contributed by atoms with Gasteiger partial charge in [0.15, 0.2) is 5.82 Å². The summed E-state index contributed by atoms with van der Waals surface area (Å²) in [5.74, 6) is 0.814. The highest BCUT2D eigenvalue weighted by Gasteiger charge is 2.42. The Morgan fingerprint density at radius 3 is 2.33 bits per heavy atom. The van der Waals surface area contributed by atoms with Crippen molar-refractivity contribution in [1.82, 2.24) is 10.2 Å². The number of nitrogens with zero attached hydrogens (tertiary/aromatic N) is 1. The molecule has 36 heavy (non-hydrogen) atoms. The number of fused-ring (bicyclic) bond motifs is 1. The largest absolute Gasteiger partial charge is 0.508 e. The number of nitrogens with one attached hydrogen (secondary N) is 2. The molecule has 2 heterocycles. The second-order valence-electron chi connectivity index (χ2n) is 8.62. The minimum absolute atomic E-state index is 0.0220. The van der Waals surface area contributed by atoms with Crippen LogP contribution in [0.25, 0.3) is 0 Å². The molecule has 0 aliphatic carbocycles. The van der Waals surface area contributed by atoms with Crippen LogP contribution in [0.15, 0.2) is 90.4 Å². The lowest BCUT2D eigenvalue weighted by Crippen LogP contribution is -2.76. The molecule has 1 saturated heterocycles. The van der Waals surface area contributed by atoms with Gasteiger partial charge in [0.1, 0.15) is 24.1 Å². The van der Waals surface area contributed by atoms with E-state index < -0.39 is 16.4 Å². The highest BCUT2D eigenvalue weighted by Crippen LogP contribution is 2.23. The van der Waals surface area contributed by atoms with E-state index in [2.05, 4.69) is 14.5 Å². The zero-order valence-corrected chi connectivity index (χ0v) is 19.9. The van der Waals surface area contributed by atoms with Gasteiger partial charge in [0, 0.05) is 12.0 Å². The smallest absolute Gasteiger partial charge is 0.446 e. The molecule has 0 spiro atoms. The maximum absolute atomic E-state index is 13.4. The Labute approximate surface area is 208 Å². The van der Waals surface area contributed by atoms with Gasteiger partial charge in [0.25, 0.3) is 5.91 Å². The molecule has 5 rings (SSSR count). The Hall–Kier alpha value is -4.15. The van der Waals surface area contributed by atoms with Crippen molar-refractivity contribution in [1.29, 1.82) is 0 Å². The van der Waals surface area contributed by atoms with Gasteiger partial charge in [-0.2, -0.15) is 8.42 Å². The molecule has 2 aliphatic rings. The maximum atomic E-state index is 13.4. The summed E-state index contributed by atoms with van der Waals surface area (Å²) >= 11 is 0. The van der Waals surface area contributed by atoms with Crippen molar-refractivity contribution < 1.29 is 32.0 Å². The van der Waals surface area contributed by atoms with Crippen LogP contribution in [0.2, 0.25) is 0 Å². The first-order valence-corrected chi connectivity index (χ1v) is 12.6. The molecule has 1 amide bonds. The third kappa shape index (κ3) is 5.24. The number of aromatic hydroxyl groups is 1. The molecule has 1 atom stereocenters. The average Bonchev–Trinajstić information content (AvgIpc) is 3.16. The van der Waals surface area contributed by atoms with E-state index >= 15 is 0 Å². The Balaban J connectivity index is 1.45. The fourth-order valence-electron chi connectivity index (χ4n) is 4.38. The van der Waals surface area contributed by atoms with Crippen molar-refractivity contribution in [3.63, 3.8) is 0 Å². The van der Waals surface area contributed by atoms with Crippen LogP contribution in [0, 0.1) is 0 Å². The van der Waals surface area contributed by atoms with E-state index in [9.17, 15) is 18.3 Å². The molecular formula is C26H24N3O6S+. The number of phenols is 1. The third-order valence-electron chi connectivity index (χ3n) is 6.05. The Kier molecular flexibility index (Phi) is 6.21. The van der Waals surface area contributed by atoms with Crippen LogP contribution in [0.4, 0.5) is 0 Å². The summed E-state index contributed by atoms with van der Waals surface area (Å²) in [6.07, 6.45) is 1.03. The molecule has 4 N–H and O–H groups in total. The minimum Gasteiger partial charge on any atom is -0.508 e. The van der Waals surface area contributed by atoms with Crippen LogP contribution in [-0.4, -0.2) is 47.2 Å². The molecule has 3 aromatic rings. The molecule has 1 unspecified atom stereocenters. The molecule has 0 bridgehead atoms. The van der Waals surface area contributed by atoms with Crippen LogP contribution < -0.4 is 14.5 Å². The number of hydrogen-bond donors (Lipinski definition) is 4. The average molecular weight is 507 g/mol. The maximum Gasteiger partial charge on any atom is 0.446 e. The van der Waals surface area contributed by atoms with Crippen molar-refractivity contribution in [3.8, 4) is 11.5 Å². The second kappa shape index (κ2) is 9.48. The lowest BCUT2D eigenvalue weighted by molar-refractivity contribution is -0.406. The van der Waals surface area contributed by atoms with Gasteiger partial charge in [0.2, 0.25) is 11.4 Å². The van der Waals surface area contributed by atoms with Gasteiger partial charge in [-0.3, -0.25) is 14.2 Å². The minimum atomic E-state index is -4.62. The lowest BCUT2D eigenvalue weighted by atomic mass is 10.0. The monoisotopic (exact) mass is 506 g/mol. The lowest BCUT2D eigenvalue weighted by Gasteiger charge is -2.20. The fourth-order valence-corrected chi connectivity index (χ4v) is 4.73. The first-order valence-electron chi connectivity index (χ1n) is 11.3. The van der Waals surface area contributed by atoms with E-state index in [1.165, 1.54) is 12.1 Å². The van der Waals surface area contributed by atoms with E-state index in [1.807, 2.05) is 30.3 Å². The fraction of sp³-hybridized carbons (Fsp3) is 0.154. The number of allylic oxidation sites excluding steroid dienone is 1. The third-order valence-corrected chi connectivity index (χ3v) is 6.46. The summed E-state index contributed by atoms with van der Waals surface area (Å²) < 4.78 is 35.4. The molecule has 2 aliphatic heterocycles. The summed E-state index contributed by atoms with van der Waals surface area (Å²) in [5.41, 5.74) is 4.35. The van der Waals surface area contributed by atoms with Gasteiger partial charge < -0.3 is 14.6 Å². The van der Waals surface area contributed by atoms with Crippen LogP contribution >= 0.6 is 0 Å². The number of phenolic OH excluding ortho intramolecular Hbond substituents is 1. The molecule has 3 aromatic carbocycles. The van der Waals surface area contributed by atoms with Gasteiger partial charge in [-0.05, 0) is 47.5 Å². The summed E-state index contributed by atoms with van der Waals surface area (Å²) in [5, 5.41) is 12.9. The van der Waals surface area contributed by atoms with Gasteiger partial charge in [-0.1, -0.05) is 42.5 Å². The van der Waals surface area contributed by atoms with E-state index in [4.69, 9.17) is 4.55 Å². The Morgan fingerprint density at radius 2 is 1.67 bits per heavy atom. The zero-order valence-electron chi connectivity index (χ0n) is 19.1. The van der Waals surface area contributed by atoms with Crippen molar-refractivity contribution in [2.24, 2.45) is 0 Å². The van der Waals surface area contributed by atoms with Crippen LogP contribution in [0.5, 0.6) is 11.5 Å². The van der Waals surface area contributed by atoms with Gasteiger partial charge in [-0.25, -0.2) is 4.99 Å². The van der Waals surface area contributed by atoms with E-state index in [0.29, 0.717) is 19.4 Å². The molecule has 1 fully saturated rings. The molecule has 184 valence electrons. The molecule has 9 nitrogen and oxygen atoms in total. The zero-order chi connectivity index (χ0) is 25.3. The molecule has 0 saturated carbocycles. The van der Waals surface area contributed by atoms with Crippen molar-refractivity contribution in [3.05, 3.63) is 107 Å². The van der Waals surface area contributed by atoms with Crippen molar-refractivity contribution >= 4 is 22.0 Å². The first kappa shape index (κ1) is 23.6. The second-order valence-corrected chi connectivity index (χ2v) is 9.64. The Morgan fingerprint density at radius 1 is 0.972 bits per heavy atom. The van der Waals surface area contributed by atoms with Gasteiger partial charge in [-0.15, -0.1) is 0 Å². The van der Waals surface area contributed by atoms with Crippen LogP contribution in [0.1, 0.15) is 16.7 Å². The van der Waals surface area contributed by atoms with Crippen molar-refractivity contribution in [2.45, 2.75) is 18.9 Å². The highest BCUT2D eigenvalue weighted by atomic mass is 32.3. The SMILES string of the molecule is O=C1C(Cc2ccc(O)cc2)NC2=C(Cc3ccccc3)[NH+]=C(c3ccc(OS(=O)(=O)O)cc3)CN12. The summed E-state index contributed by atoms with van der Waals surface area (Å²) in [7, 11) is -4.62. The first-order chi connectivity index (χ1) is 17.2. The molecule has 10 heteroatoms. The Bertz CT molecular complexity index is 1450. The number of carbonyl (C=O) groups excluding carboxylic acids is 1. The van der Waals surface area contributed by atoms with Gasteiger partial charge >= 0.3 is 10.4 Å². The summed E-state index contributed by atoms with van der Waals surface area (Å²) in [6, 6.07) is 22.4. The van der Waals surface area contributed by atoms with E-state index in [1.54, 1.807) is 41.3 Å². The molecule has 0 radical (unpaired) electrons. The molecular weight excluding hydrogens is 482 g/mol. The number of rotatable bonds is 7. The number of amides is 1. The predicted molar refractivity (Wildman–Crippen MR) is 131 cm³/mol. The highest BCUT2D eigenvalue weighted by molar-refractivity contribution is 7.81. The predicted octanol–water partition coefficient (Wildman–Crippen LogP) is 0.912. The summed E-state index contributed by atoms with van der Waals surface area (Å²) in [6.45, 7) is 0.296. The normalized spacial score (nSPS) is 17.5. The topological polar surface area (TPSA) is 130 Å². The number of benzene rings is 3. The quantitative estimate of drug-likeness (QED) is 0.351. The molecule has 0 aromatic heterocycles. The van der Waals surface area contributed by atoms with E-state index in [0.717, 1.165) is 33.9 Å². The van der Waals surface area contributed by atoms with Gasteiger partial charge in [0.05, 0.1) is 6.42 Å². The van der Waals surface area contributed by atoms with E-state index in [-0.39, 0.29) is 17.4 Å². The number of carbonyl (C=O) groups is 1.